The van der Waals surface area contributed by atoms with E-state index in [1.165, 1.54) is 44.9 Å². The summed E-state index contributed by atoms with van der Waals surface area (Å²) in [5, 5.41) is 25.2. The van der Waals surface area contributed by atoms with Gasteiger partial charge in [0, 0.05) is 26.2 Å². The maximum atomic E-state index is 11.5. The van der Waals surface area contributed by atoms with E-state index in [0.29, 0.717) is 11.4 Å². The number of pyridine rings is 2. The molecule has 10 heteroatoms. The first-order valence-electron chi connectivity index (χ1n) is 17.2. The Morgan fingerprint density at radius 2 is 0.939 bits per heavy atom. The number of hydrogen-bond acceptors (Lipinski definition) is 8. The van der Waals surface area contributed by atoms with Gasteiger partial charge in [0.05, 0.1) is 46.3 Å². The highest BCUT2D eigenvalue weighted by Gasteiger charge is 2.17. The van der Waals surface area contributed by atoms with Gasteiger partial charge in [-0.05, 0) is 107 Å². The number of aromatic nitrogens is 2. The monoisotopic (exact) mass is 664 g/mol. The molecule has 0 amide bonds. The first-order chi connectivity index (χ1) is 23.6. The summed E-state index contributed by atoms with van der Waals surface area (Å²) in [6.45, 7) is 12.1. The first kappa shape index (κ1) is 35.2. The lowest BCUT2D eigenvalue weighted by Crippen LogP contribution is -2.30. The molecule has 0 unspecified atom stereocenters. The Morgan fingerprint density at radius 1 is 0.571 bits per heavy atom. The van der Waals surface area contributed by atoms with Crippen molar-refractivity contribution in [1.82, 2.24) is 9.97 Å². The molecule has 4 N–H and O–H groups in total. The second-order valence-electron chi connectivity index (χ2n) is 13.1. The van der Waals surface area contributed by atoms with E-state index in [1.807, 2.05) is 38.1 Å². The van der Waals surface area contributed by atoms with Crippen LogP contribution in [0.3, 0.4) is 0 Å². The third kappa shape index (κ3) is 9.28. The zero-order valence-corrected chi connectivity index (χ0v) is 29.1. The Hall–Kier alpha value is -5.12. The Morgan fingerprint density at radius 3 is 1.29 bits per heavy atom. The van der Waals surface area contributed by atoms with Crippen LogP contribution in [-0.4, -0.2) is 58.3 Å². The molecule has 10 nitrogen and oxygen atoms in total. The fourth-order valence-electron chi connectivity index (χ4n) is 6.52. The molecule has 0 bridgehead atoms. The summed E-state index contributed by atoms with van der Waals surface area (Å²) >= 11 is 0. The number of aromatic carboxylic acids is 2. The van der Waals surface area contributed by atoms with Crippen LogP contribution in [-0.2, 0) is 0 Å². The van der Waals surface area contributed by atoms with Crippen molar-refractivity contribution in [2.75, 3.05) is 46.6 Å². The highest BCUT2D eigenvalue weighted by molar-refractivity contribution is 5.96. The third-order valence-electron chi connectivity index (χ3n) is 9.03. The second-order valence-corrected chi connectivity index (χ2v) is 13.1. The Labute approximate surface area is 289 Å². The quantitative estimate of drug-likeness (QED) is 0.145. The van der Waals surface area contributed by atoms with Crippen LogP contribution < -0.4 is 20.4 Å². The maximum Gasteiger partial charge on any atom is 0.337 e. The van der Waals surface area contributed by atoms with E-state index in [2.05, 4.69) is 44.2 Å². The Bertz CT molecular complexity index is 1780. The Kier molecular flexibility index (Phi) is 11.7. The normalized spacial score (nSPS) is 14.7. The van der Waals surface area contributed by atoms with Gasteiger partial charge in [-0.15, -0.1) is 0 Å². The summed E-state index contributed by atoms with van der Waals surface area (Å²) in [6, 6.07) is 14.8. The van der Waals surface area contributed by atoms with Crippen molar-refractivity contribution in [3.8, 4) is 0 Å². The van der Waals surface area contributed by atoms with E-state index in [4.69, 9.17) is 0 Å². The van der Waals surface area contributed by atoms with E-state index in [9.17, 15) is 19.8 Å². The molecule has 49 heavy (non-hydrogen) atoms. The van der Waals surface area contributed by atoms with Gasteiger partial charge in [-0.25, -0.2) is 19.6 Å². The van der Waals surface area contributed by atoms with Crippen molar-refractivity contribution >= 4 is 46.3 Å². The first-order valence-corrected chi connectivity index (χ1v) is 17.2. The number of carboxylic acid groups (broad SMARTS) is 2. The van der Waals surface area contributed by atoms with Gasteiger partial charge in [0.1, 0.15) is 11.6 Å². The van der Waals surface area contributed by atoms with Crippen LogP contribution in [0.25, 0.3) is 0 Å². The van der Waals surface area contributed by atoms with Gasteiger partial charge < -0.3 is 30.6 Å². The highest BCUT2D eigenvalue weighted by atomic mass is 16.4. The summed E-state index contributed by atoms with van der Waals surface area (Å²) < 4.78 is 0. The molecule has 2 aromatic carbocycles. The van der Waals surface area contributed by atoms with Crippen LogP contribution in [0.4, 0.5) is 34.4 Å². The molecule has 258 valence electrons. The topological polar surface area (TPSA) is 131 Å². The second kappa shape index (κ2) is 16.3. The van der Waals surface area contributed by atoms with E-state index in [1.54, 1.807) is 36.7 Å². The largest absolute Gasteiger partial charge is 0.478 e. The van der Waals surface area contributed by atoms with Crippen LogP contribution in [0.1, 0.15) is 87.9 Å². The summed E-state index contributed by atoms with van der Waals surface area (Å²) in [4.78, 5) is 36.8. The molecule has 2 aliphatic heterocycles. The molecule has 6 rings (SSSR count). The molecule has 2 fully saturated rings. The molecule has 0 spiro atoms. The highest BCUT2D eigenvalue weighted by Crippen LogP contribution is 2.29. The minimum absolute atomic E-state index is 0.271. The smallest absolute Gasteiger partial charge is 0.337 e. The number of aryl methyl sites for hydroxylation is 4. The lowest BCUT2D eigenvalue weighted by atomic mass is 10.1. The van der Waals surface area contributed by atoms with Crippen molar-refractivity contribution in [3.63, 3.8) is 0 Å². The Balaban J connectivity index is 0.000000191. The predicted molar refractivity (Wildman–Crippen MR) is 198 cm³/mol. The van der Waals surface area contributed by atoms with E-state index in [-0.39, 0.29) is 11.1 Å². The number of anilines is 6. The molecule has 2 aromatic heterocycles. The minimum Gasteiger partial charge on any atom is -0.478 e. The average Bonchev–Trinajstić information content (AvgIpc) is 3.37. The van der Waals surface area contributed by atoms with Gasteiger partial charge in [-0.1, -0.05) is 36.1 Å². The minimum atomic E-state index is -0.934. The predicted octanol–water partition coefficient (Wildman–Crippen LogP) is 8.65. The number of benzene rings is 2. The number of rotatable bonds is 8. The molecule has 4 heterocycles. The van der Waals surface area contributed by atoms with Crippen LogP contribution in [0.5, 0.6) is 0 Å². The molecule has 2 saturated heterocycles. The fourth-order valence-corrected chi connectivity index (χ4v) is 6.52. The maximum absolute atomic E-state index is 11.5. The number of carboxylic acids is 2. The van der Waals surface area contributed by atoms with Crippen molar-refractivity contribution < 1.29 is 19.8 Å². The lowest BCUT2D eigenvalue weighted by molar-refractivity contribution is 0.0687. The summed E-state index contributed by atoms with van der Waals surface area (Å²) in [6.07, 6.45) is 12.3. The number of nitrogens with zero attached hydrogens (tertiary/aromatic N) is 4. The molecule has 4 aromatic rings. The number of nitrogens with one attached hydrogen (secondary N) is 2. The van der Waals surface area contributed by atoms with Gasteiger partial charge in [-0.2, -0.15) is 0 Å². The fraction of sp³-hybridized carbons (Fsp3) is 0.385. The van der Waals surface area contributed by atoms with Gasteiger partial charge in [-0.3, -0.25) is 0 Å². The van der Waals surface area contributed by atoms with Crippen molar-refractivity contribution in [3.05, 3.63) is 94.3 Å². The molecule has 0 atom stereocenters. The molecule has 2 aliphatic rings. The SMILES string of the molecule is Cc1ccc(Nc2cnc(N3CCCCC3)c(C)c2)c(C(=O)O)c1.Cc1ccc(Nc2cnc(N3CCCCCC3)c(C)c2)c(C(=O)O)c1. The summed E-state index contributed by atoms with van der Waals surface area (Å²) in [5.74, 6) is 0.199. The molecular weight excluding hydrogens is 616 g/mol. The average molecular weight is 665 g/mol. The van der Waals surface area contributed by atoms with Crippen molar-refractivity contribution in [1.29, 1.82) is 0 Å². The van der Waals surface area contributed by atoms with E-state index in [0.717, 1.165) is 71.4 Å². The third-order valence-corrected chi connectivity index (χ3v) is 9.03. The van der Waals surface area contributed by atoms with Gasteiger partial charge in [0.15, 0.2) is 0 Å². The van der Waals surface area contributed by atoms with Crippen LogP contribution in [0, 0.1) is 27.7 Å². The zero-order valence-electron chi connectivity index (χ0n) is 29.1. The van der Waals surface area contributed by atoms with Crippen molar-refractivity contribution in [2.45, 2.75) is 72.6 Å². The van der Waals surface area contributed by atoms with Gasteiger partial charge in [0.2, 0.25) is 0 Å². The summed E-state index contributed by atoms with van der Waals surface area (Å²) in [5.41, 5.74) is 7.38. The molecule has 0 radical (unpaired) electrons. The standard InChI is InChI=1S/C20H25N3O2.C19H23N3O2/c1-14-7-8-18(17(11-14)20(24)25)22-16-12-15(2)19(21-13-16)23-9-5-3-4-6-10-23;1-13-6-7-17(16(10-13)19(23)24)21-15-11-14(2)18(20-12-15)22-8-4-3-5-9-22/h7-8,11-13,22H,3-6,9-10H2,1-2H3,(H,24,25);6-7,10-12,21H,3-5,8-9H2,1-2H3,(H,23,24). The van der Waals surface area contributed by atoms with Gasteiger partial charge >= 0.3 is 11.9 Å². The van der Waals surface area contributed by atoms with Crippen LogP contribution in [0.15, 0.2) is 60.9 Å². The summed E-state index contributed by atoms with van der Waals surface area (Å²) in [7, 11) is 0. The molecule has 0 aliphatic carbocycles. The van der Waals surface area contributed by atoms with Crippen molar-refractivity contribution in [2.24, 2.45) is 0 Å². The zero-order chi connectivity index (χ0) is 34.9. The number of piperidine rings is 1. The van der Waals surface area contributed by atoms with Crippen LogP contribution >= 0.6 is 0 Å². The molecule has 0 saturated carbocycles. The number of hydrogen-bond donors (Lipinski definition) is 4. The van der Waals surface area contributed by atoms with Gasteiger partial charge in [0.25, 0.3) is 0 Å². The lowest BCUT2D eigenvalue weighted by Gasteiger charge is -2.29. The van der Waals surface area contributed by atoms with Crippen LogP contribution in [0.2, 0.25) is 0 Å². The molecular formula is C39H48N6O4. The van der Waals surface area contributed by atoms with E-state index >= 15 is 0 Å². The van der Waals surface area contributed by atoms with E-state index < -0.39 is 11.9 Å². The number of carbonyl (C=O) groups is 2.